The Labute approximate surface area is 126 Å². The van der Waals surface area contributed by atoms with Gasteiger partial charge in [0.25, 0.3) is 0 Å². The number of nitrogens with zero attached hydrogens (tertiary/aromatic N) is 4. The maximum atomic E-state index is 4.62. The summed E-state index contributed by atoms with van der Waals surface area (Å²) in [5.74, 6) is 3.02. The van der Waals surface area contributed by atoms with Gasteiger partial charge in [0.05, 0.1) is 0 Å². The van der Waals surface area contributed by atoms with Crippen molar-refractivity contribution in [1.82, 2.24) is 15.0 Å². The van der Waals surface area contributed by atoms with Crippen molar-refractivity contribution < 1.29 is 0 Å². The predicted molar refractivity (Wildman–Crippen MR) is 85.9 cm³/mol. The number of rotatable bonds is 7. The van der Waals surface area contributed by atoms with Gasteiger partial charge in [0.15, 0.2) is 0 Å². The SMILES string of the molecule is CCCC1CC1Nc1nc(NCC)nc(N2CCCC2)n1. The minimum Gasteiger partial charge on any atom is -0.354 e. The summed E-state index contributed by atoms with van der Waals surface area (Å²) in [5.41, 5.74) is 0. The molecule has 1 saturated heterocycles. The first kappa shape index (κ1) is 14.4. The molecule has 0 radical (unpaired) electrons. The van der Waals surface area contributed by atoms with Crippen molar-refractivity contribution in [2.45, 2.75) is 52.0 Å². The van der Waals surface area contributed by atoms with E-state index in [4.69, 9.17) is 0 Å². The topological polar surface area (TPSA) is 66.0 Å². The monoisotopic (exact) mass is 290 g/mol. The highest BCUT2D eigenvalue weighted by atomic mass is 15.3. The van der Waals surface area contributed by atoms with Gasteiger partial charge in [0.2, 0.25) is 17.8 Å². The number of anilines is 3. The van der Waals surface area contributed by atoms with E-state index in [1.54, 1.807) is 0 Å². The van der Waals surface area contributed by atoms with Crippen LogP contribution in [-0.2, 0) is 0 Å². The fourth-order valence-electron chi connectivity index (χ4n) is 3.01. The van der Waals surface area contributed by atoms with Gasteiger partial charge in [-0.3, -0.25) is 0 Å². The molecule has 2 atom stereocenters. The fraction of sp³-hybridized carbons (Fsp3) is 0.800. The first-order chi connectivity index (χ1) is 10.3. The third-order valence-corrected chi connectivity index (χ3v) is 4.24. The minimum absolute atomic E-state index is 0.549. The third kappa shape index (κ3) is 3.54. The lowest BCUT2D eigenvalue weighted by atomic mass is 10.2. The summed E-state index contributed by atoms with van der Waals surface area (Å²) >= 11 is 0. The molecule has 0 amide bonds. The maximum absolute atomic E-state index is 4.62. The van der Waals surface area contributed by atoms with Gasteiger partial charge in [-0.25, -0.2) is 0 Å². The molecule has 6 heteroatoms. The lowest BCUT2D eigenvalue weighted by Crippen LogP contribution is -2.22. The summed E-state index contributed by atoms with van der Waals surface area (Å²) in [6.45, 7) is 7.23. The lowest BCUT2D eigenvalue weighted by molar-refractivity contribution is 0.691. The zero-order valence-corrected chi connectivity index (χ0v) is 13.1. The summed E-state index contributed by atoms with van der Waals surface area (Å²) < 4.78 is 0. The zero-order chi connectivity index (χ0) is 14.7. The van der Waals surface area contributed by atoms with Crippen LogP contribution >= 0.6 is 0 Å². The molecule has 1 aliphatic heterocycles. The Morgan fingerprint density at radius 2 is 1.86 bits per heavy atom. The van der Waals surface area contributed by atoms with E-state index in [2.05, 4.69) is 44.3 Å². The van der Waals surface area contributed by atoms with Gasteiger partial charge in [0, 0.05) is 25.7 Å². The number of aromatic nitrogens is 3. The van der Waals surface area contributed by atoms with E-state index in [9.17, 15) is 0 Å². The first-order valence-corrected chi connectivity index (χ1v) is 8.31. The summed E-state index contributed by atoms with van der Waals surface area (Å²) in [5, 5.41) is 6.70. The fourth-order valence-corrected chi connectivity index (χ4v) is 3.01. The molecule has 2 fully saturated rings. The Hall–Kier alpha value is -1.59. The highest BCUT2D eigenvalue weighted by Crippen LogP contribution is 2.36. The van der Waals surface area contributed by atoms with E-state index in [0.29, 0.717) is 12.0 Å². The molecule has 116 valence electrons. The molecule has 1 aromatic rings. The molecule has 1 saturated carbocycles. The Morgan fingerprint density at radius 3 is 2.57 bits per heavy atom. The van der Waals surface area contributed by atoms with Crippen molar-refractivity contribution in [1.29, 1.82) is 0 Å². The van der Waals surface area contributed by atoms with E-state index >= 15 is 0 Å². The second kappa shape index (κ2) is 6.45. The summed E-state index contributed by atoms with van der Waals surface area (Å²) in [6.07, 6.45) is 6.25. The maximum Gasteiger partial charge on any atom is 0.231 e. The van der Waals surface area contributed by atoms with Gasteiger partial charge >= 0.3 is 0 Å². The quantitative estimate of drug-likeness (QED) is 0.804. The predicted octanol–water partition coefficient (Wildman–Crippen LogP) is 2.50. The Bertz CT molecular complexity index is 471. The van der Waals surface area contributed by atoms with Crippen LogP contribution in [0.3, 0.4) is 0 Å². The Morgan fingerprint density at radius 1 is 1.10 bits per heavy atom. The highest BCUT2D eigenvalue weighted by molar-refractivity contribution is 5.45. The average molecular weight is 290 g/mol. The molecule has 3 rings (SSSR count). The molecule has 6 nitrogen and oxygen atoms in total. The number of hydrogen-bond acceptors (Lipinski definition) is 6. The summed E-state index contributed by atoms with van der Waals surface area (Å²) in [7, 11) is 0. The summed E-state index contributed by atoms with van der Waals surface area (Å²) in [4.78, 5) is 15.9. The standard InChI is InChI=1S/C15H26N6/c1-3-7-11-10-12(11)17-14-18-13(16-4-2)19-15(20-14)21-8-5-6-9-21/h11-12H,3-10H2,1-2H3,(H2,16,17,18,19,20). The van der Waals surface area contributed by atoms with Crippen LogP contribution in [0.25, 0.3) is 0 Å². The molecule has 2 aliphatic rings. The van der Waals surface area contributed by atoms with Crippen molar-refractivity contribution in [3.05, 3.63) is 0 Å². The van der Waals surface area contributed by atoms with Gasteiger partial charge in [-0.15, -0.1) is 0 Å². The normalized spacial score (nSPS) is 24.2. The molecule has 21 heavy (non-hydrogen) atoms. The van der Waals surface area contributed by atoms with Crippen molar-refractivity contribution in [2.75, 3.05) is 35.2 Å². The van der Waals surface area contributed by atoms with Crippen LogP contribution in [0.5, 0.6) is 0 Å². The average Bonchev–Trinajstić information content (AvgIpc) is 3.00. The second-order valence-corrected chi connectivity index (χ2v) is 6.04. The van der Waals surface area contributed by atoms with Crippen LogP contribution in [-0.4, -0.2) is 40.6 Å². The van der Waals surface area contributed by atoms with Crippen molar-refractivity contribution in [3.63, 3.8) is 0 Å². The van der Waals surface area contributed by atoms with E-state index in [0.717, 1.165) is 37.4 Å². The highest BCUT2D eigenvalue weighted by Gasteiger charge is 2.36. The minimum atomic E-state index is 0.549. The molecule has 1 aromatic heterocycles. The first-order valence-electron chi connectivity index (χ1n) is 8.31. The van der Waals surface area contributed by atoms with Gasteiger partial charge in [-0.2, -0.15) is 15.0 Å². The molecule has 1 aliphatic carbocycles. The third-order valence-electron chi connectivity index (χ3n) is 4.24. The summed E-state index contributed by atoms with van der Waals surface area (Å²) in [6, 6.07) is 0.549. The van der Waals surface area contributed by atoms with Crippen LogP contribution in [0.4, 0.5) is 17.8 Å². The van der Waals surface area contributed by atoms with Crippen molar-refractivity contribution >= 4 is 17.8 Å². The van der Waals surface area contributed by atoms with Gasteiger partial charge in [-0.1, -0.05) is 13.3 Å². The smallest absolute Gasteiger partial charge is 0.231 e. The molecule has 0 spiro atoms. The van der Waals surface area contributed by atoms with Crippen molar-refractivity contribution in [2.24, 2.45) is 5.92 Å². The van der Waals surface area contributed by atoms with E-state index in [1.165, 1.54) is 32.1 Å². The molecule has 0 bridgehead atoms. The van der Waals surface area contributed by atoms with Crippen LogP contribution in [0.1, 0.15) is 46.0 Å². The number of nitrogens with one attached hydrogen (secondary N) is 2. The second-order valence-electron chi connectivity index (χ2n) is 6.04. The molecule has 2 N–H and O–H groups in total. The molecular weight excluding hydrogens is 264 g/mol. The zero-order valence-electron chi connectivity index (χ0n) is 13.1. The molecule has 2 heterocycles. The van der Waals surface area contributed by atoms with Crippen molar-refractivity contribution in [3.8, 4) is 0 Å². The number of hydrogen-bond donors (Lipinski definition) is 2. The van der Waals surface area contributed by atoms with Crippen LogP contribution in [0.15, 0.2) is 0 Å². The van der Waals surface area contributed by atoms with Crippen LogP contribution < -0.4 is 15.5 Å². The van der Waals surface area contributed by atoms with E-state index < -0.39 is 0 Å². The molecular formula is C15H26N6. The lowest BCUT2D eigenvalue weighted by Gasteiger charge is -2.17. The van der Waals surface area contributed by atoms with Gasteiger partial charge in [0.1, 0.15) is 0 Å². The van der Waals surface area contributed by atoms with Crippen LogP contribution in [0.2, 0.25) is 0 Å². The molecule has 0 aromatic carbocycles. The molecule has 2 unspecified atom stereocenters. The van der Waals surface area contributed by atoms with E-state index in [1.807, 2.05) is 0 Å². The Kier molecular flexibility index (Phi) is 4.41. The van der Waals surface area contributed by atoms with Crippen LogP contribution in [0, 0.1) is 5.92 Å². The van der Waals surface area contributed by atoms with Gasteiger partial charge < -0.3 is 15.5 Å². The van der Waals surface area contributed by atoms with Gasteiger partial charge in [-0.05, 0) is 38.5 Å². The largest absolute Gasteiger partial charge is 0.354 e. The Balaban J connectivity index is 1.72. The van der Waals surface area contributed by atoms with E-state index in [-0.39, 0.29) is 0 Å².